The zero-order valence-corrected chi connectivity index (χ0v) is 13.2. The Morgan fingerprint density at radius 3 is 2.32 bits per heavy atom. The van der Waals surface area contributed by atoms with Crippen LogP contribution in [0.1, 0.15) is 10.4 Å². The van der Waals surface area contributed by atoms with Crippen LogP contribution in [-0.2, 0) is 0 Å². The minimum absolute atomic E-state index is 0.0315. The van der Waals surface area contributed by atoms with E-state index in [9.17, 15) is 13.6 Å². The lowest BCUT2D eigenvalue weighted by Gasteiger charge is -2.07. The third-order valence-corrected chi connectivity index (χ3v) is 3.47. The fourth-order valence-electron chi connectivity index (χ4n) is 2.15. The Bertz CT molecular complexity index is 897. The molecule has 0 saturated carbocycles. The fourth-order valence-corrected chi connectivity index (χ4v) is 2.15. The average Bonchev–Trinajstić information content (AvgIpc) is 2.64. The van der Waals surface area contributed by atoms with Gasteiger partial charge in [-0.1, -0.05) is 12.1 Å². The van der Waals surface area contributed by atoms with Crippen LogP contribution in [0, 0.1) is 11.6 Å². The van der Waals surface area contributed by atoms with E-state index in [1.807, 2.05) is 0 Å². The molecule has 7 heteroatoms. The van der Waals surface area contributed by atoms with Crippen molar-refractivity contribution < 1.29 is 18.3 Å². The van der Waals surface area contributed by atoms with Crippen LogP contribution >= 0.6 is 0 Å². The molecule has 25 heavy (non-hydrogen) atoms. The number of hydrogen-bond acceptors (Lipinski definition) is 4. The highest BCUT2D eigenvalue weighted by Gasteiger charge is 2.10. The molecule has 0 spiro atoms. The number of aromatic nitrogens is 2. The SMILES string of the molecule is COc1ccc(-c2ccc(NC(=O)c3ccc(F)c(F)c3)cc2)nn1. The Balaban J connectivity index is 1.73. The highest BCUT2D eigenvalue weighted by Crippen LogP contribution is 2.20. The minimum Gasteiger partial charge on any atom is -0.480 e. The molecular formula is C18H13F2N3O2. The maximum atomic E-state index is 13.2. The Morgan fingerprint density at radius 1 is 0.960 bits per heavy atom. The van der Waals surface area contributed by atoms with Crippen molar-refractivity contribution in [3.05, 3.63) is 71.8 Å². The van der Waals surface area contributed by atoms with E-state index in [2.05, 4.69) is 15.5 Å². The van der Waals surface area contributed by atoms with Crippen LogP contribution < -0.4 is 10.1 Å². The van der Waals surface area contributed by atoms with E-state index < -0.39 is 17.5 Å². The maximum Gasteiger partial charge on any atom is 0.255 e. The number of benzene rings is 2. The van der Waals surface area contributed by atoms with Crippen molar-refractivity contribution in [2.45, 2.75) is 0 Å². The second-order valence-electron chi connectivity index (χ2n) is 5.12. The van der Waals surface area contributed by atoms with Crippen LogP contribution in [0.3, 0.4) is 0 Å². The molecule has 0 aliphatic rings. The monoisotopic (exact) mass is 341 g/mol. The van der Waals surface area contributed by atoms with Gasteiger partial charge in [0.05, 0.1) is 12.8 Å². The number of nitrogens with one attached hydrogen (secondary N) is 1. The van der Waals surface area contributed by atoms with Crippen molar-refractivity contribution in [2.24, 2.45) is 0 Å². The van der Waals surface area contributed by atoms with Gasteiger partial charge < -0.3 is 10.1 Å². The van der Waals surface area contributed by atoms with Crippen LogP contribution in [0.5, 0.6) is 5.88 Å². The maximum absolute atomic E-state index is 13.2. The van der Waals surface area contributed by atoms with Gasteiger partial charge in [0.2, 0.25) is 5.88 Å². The number of nitrogens with zero attached hydrogens (tertiary/aromatic N) is 2. The first-order valence-electron chi connectivity index (χ1n) is 7.31. The van der Waals surface area contributed by atoms with Gasteiger partial charge >= 0.3 is 0 Å². The van der Waals surface area contributed by atoms with Gasteiger partial charge in [-0.3, -0.25) is 4.79 Å². The molecule has 1 amide bonds. The normalized spacial score (nSPS) is 10.4. The summed E-state index contributed by atoms with van der Waals surface area (Å²) in [6.45, 7) is 0. The molecule has 3 rings (SSSR count). The van der Waals surface area contributed by atoms with Crippen LogP contribution in [0.25, 0.3) is 11.3 Å². The highest BCUT2D eigenvalue weighted by molar-refractivity contribution is 6.04. The van der Waals surface area contributed by atoms with Crippen LogP contribution in [0.2, 0.25) is 0 Å². The van der Waals surface area contributed by atoms with Crippen LogP contribution in [0.4, 0.5) is 14.5 Å². The van der Waals surface area contributed by atoms with E-state index in [1.165, 1.54) is 13.2 Å². The molecule has 5 nitrogen and oxygen atoms in total. The number of ether oxygens (including phenoxy) is 1. The summed E-state index contributed by atoms with van der Waals surface area (Å²) in [4.78, 5) is 12.1. The predicted octanol–water partition coefficient (Wildman–Crippen LogP) is 3.68. The van der Waals surface area contributed by atoms with Crippen molar-refractivity contribution in [3.8, 4) is 17.1 Å². The number of anilines is 1. The number of amides is 1. The molecule has 0 bridgehead atoms. The van der Waals surface area contributed by atoms with Crippen molar-refractivity contribution in [2.75, 3.05) is 12.4 Å². The highest BCUT2D eigenvalue weighted by atomic mass is 19.2. The molecule has 0 atom stereocenters. The number of halogens is 2. The van der Waals surface area contributed by atoms with E-state index in [4.69, 9.17) is 4.74 Å². The quantitative estimate of drug-likeness (QED) is 0.786. The third kappa shape index (κ3) is 3.77. The molecule has 0 radical (unpaired) electrons. The summed E-state index contributed by atoms with van der Waals surface area (Å²) in [5.41, 5.74) is 2.00. The van der Waals surface area contributed by atoms with Gasteiger partial charge in [-0.05, 0) is 36.4 Å². The number of hydrogen-bond donors (Lipinski definition) is 1. The third-order valence-electron chi connectivity index (χ3n) is 3.47. The van der Waals surface area contributed by atoms with Gasteiger partial charge in [-0.25, -0.2) is 8.78 Å². The molecule has 0 aliphatic carbocycles. The summed E-state index contributed by atoms with van der Waals surface area (Å²) < 4.78 is 31.1. The second-order valence-corrected chi connectivity index (χ2v) is 5.12. The Kier molecular flexibility index (Phi) is 4.65. The van der Waals surface area contributed by atoms with Crippen molar-refractivity contribution in [3.63, 3.8) is 0 Å². The molecule has 0 unspecified atom stereocenters. The van der Waals surface area contributed by atoms with E-state index in [0.29, 0.717) is 17.3 Å². The number of methoxy groups -OCH3 is 1. The summed E-state index contributed by atoms with van der Waals surface area (Å²) in [5.74, 6) is -2.18. The molecule has 1 aromatic heterocycles. The van der Waals surface area contributed by atoms with Crippen molar-refractivity contribution in [1.29, 1.82) is 0 Å². The molecular weight excluding hydrogens is 328 g/mol. The fraction of sp³-hybridized carbons (Fsp3) is 0.0556. The van der Waals surface area contributed by atoms with Crippen molar-refractivity contribution in [1.82, 2.24) is 10.2 Å². The second kappa shape index (κ2) is 7.04. The first kappa shape index (κ1) is 16.5. The zero-order chi connectivity index (χ0) is 17.8. The van der Waals surface area contributed by atoms with Gasteiger partial charge in [-0.15, -0.1) is 10.2 Å². The largest absolute Gasteiger partial charge is 0.480 e. The topological polar surface area (TPSA) is 64.1 Å². The van der Waals surface area contributed by atoms with E-state index >= 15 is 0 Å². The first-order valence-corrected chi connectivity index (χ1v) is 7.31. The Morgan fingerprint density at radius 2 is 1.72 bits per heavy atom. The molecule has 126 valence electrons. The van der Waals surface area contributed by atoms with Gasteiger partial charge in [-0.2, -0.15) is 0 Å². The minimum atomic E-state index is -1.07. The summed E-state index contributed by atoms with van der Waals surface area (Å²) >= 11 is 0. The predicted molar refractivity (Wildman–Crippen MR) is 88.3 cm³/mol. The number of carbonyl (C=O) groups excluding carboxylic acids is 1. The van der Waals surface area contributed by atoms with Crippen LogP contribution in [0.15, 0.2) is 54.6 Å². The smallest absolute Gasteiger partial charge is 0.255 e. The Hall–Kier alpha value is -3.35. The van der Waals surface area contributed by atoms with Crippen molar-refractivity contribution >= 4 is 11.6 Å². The Labute approximate surface area is 142 Å². The molecule has 1 N–H and O–H groups in total. The number of carbonyl (C=O) groups is 1. The molecule has 1 heterocycles. The van der Waals surface area contributed by atoms with E-state index in [0.717, 1.165) is 17.7 Å². The standard InChI is InChI=1S/C18H13F2N3O2/c1-25-17-9-8-16(22-23-17)11-2-5-13(6-3-11)21-18(24)12-4-7-14(19)15(20)10-12/h2-10H,1H3,(H,21,24). The summed E-state index contributed by atoms with van der Waals surface area (Å²) in [7, 11) is 1.51. The molecule has 0 saturated heterocycles. The summed E-state index contributed by atoms with van der Waals surface area (Å²) in [5, 5.41) is 10.5. The number of rotatable bonds is 4. The molecule has 3 aromatic rings. The first-order chi connectivity index (χ1) is 12.1. The molecule has 2 aromatic carbocycles. The van der Waals surface area contributed by atoms with Gasteiger partial charge in [0.25, 0.3) is 5.91 Å². The average molecular weight is 341 g/mol. The van der Waals surface area contributed by atoms with E-state index in [1.54, 1.807) is 36.4 Å². The molecule has 0 aliphatic heterocycles. The van der Waals surface area contributed by atoms with Crippen LogP contribution in [-0.4, -0.2) is 23.2 Å². The summed E-state index contributed by atoms with van der Waals surface area (Å²) in [6.07, 6.45) is 0. The van der Waals surface area contributed by atoms with E-state index in [-0.39, 0.29) is 5.56 Å². The lowest BCUT2D eigenvalue weighted by Crippen LogP contribution is -2.12. The molecule has 0 fully saturated rings. The van der Waals surface area contributed by atoms with Gasteiger partial charge in [0, 0.05) is 22.9 Å². The zero-order valence-electron chi connectivity index (χ0n) is 13.2. The van der Waals surface area contributed by atoms with Gasteiger partial charge in [0.1, 0.15) is 0 Å². The van der Waals surface area contributed by atoms with Gasteiger partial charge in [0.15, 0.2) is 11.6 Å². The summed E-state index contributed by atoms with van der Waals surface area (Å²) in [6, 6.07) is 13.3. The lowest BCUT2D eigenvalue weighted by molar-refractivity contribution is 0.102. The lowest BCUT2D eigenvalue weighted by atomic mass is 10.1.